The third kappa shape index (κ3) is 4.41. The number of aromatic amines is 1. The van der Waals surface area contributed by atoms with Gasteiger partial charge in [-0.25, -0.2) is 4.98 Å². The van der Waals surface area contributed by atoms with Crippen LogP contribution in [0, 0.1) is 0 Å². The number of nitrogen functional groups attached to an aromatic ring is 1. The van der Waals surface area contributed by atoms with Gasteiger partial charge in [0.2, 0.25) is 5.91 Å². The first kappa shape index (κ1) is 21.1. The molecule has 1 saturated heterocycles. The standard InChI is InChI=1S/C25H28N4O2S/c26-25-29-22-19(11-13-21(22)32-25)24(31)28-17-8-6-15(7-9-17)14-18-10-12-20(27-18)23(30)16-4-2-1-3-5-16/h1-9,18-20,23,27,30H,10-14H2,(H2,26,29)(H,28,31)/p+1. The van der Waals surface area contributed by atoms with Gasteiger partial charge in [0.25, 0.3) is 0 Å². The van der Waals surface area contributed by atoms with Crippen LogP contribution in [-0.2, 0) is 17.6 Å². The van der Waals surface area contributed by atoms with Gasteiger partial charge in [-0.05, 0) is 55.4 Å². The van der Waals surface area contributed by atoms with Gasteiger partial charge in [-0.1, -0.05) is 53.8 Å². The van der Waals surface area contributed by atoms with E-state index in [-0.39, 0.29) is 17.9 Å². The first-order valence-electron chi connectivity index (χ1n) is 11.3. The number of aryl methyl sites for hydroxylation is 1. The minimum absolute atomic E-state index is 0.0146. The number of carbonyl (C=O) groups excluding carboxylic acids is 1. The monoisotopic (exact) mass is 449 g/mol. The Hall–Kier alpha value is -2.74. The first-order valence-corrected chi connectivity index (χ1v) is 12.1. The van der Waals surface area contributed by atoms with Crippen molar-refractivity contribution >= 4 is 28.1 Å². The molecule has 4 atom stereocenters. The van der Waals surface area contributed by atoms with Gasteiger partial charge < -0.3 is 15.7 Å². The van der Waals surface area contributed by atoms with E-state index in [2.05, 4.69) is 27.8 Å². The zero-order valence-corrected chi connectivity index (χ0v) is 18.7. The van der Waals surface area contributed by atoms with Crippen LogP contribution in [0.3, 0.4) is 0 Å². The summed E-state index contributed by atoms with van der Waals surface area (Å²) in [6.45, 7) is 0. The van der Waals surface area contributed by atoms with E-state index in [4.69, 9.17) is 5.73 Å². The van der Waals surface area contributed by atoms with Gasteiger partial charge in [-0.2, -0.15) is 0 Å². The van der Waals surface area contributed by atoms with Gasteiger partial charge in [0.15, 0.2) is 0 Å². The molecule has 1 amide bonds. The molecule has 5 rings (SSSR count). The number of aromatic nitrogens is 1. The number of hydrogen-bond acceptors (Lipinski definition) is 5. The molecule has 6 nitrogen and oxygen atoms in total. The smallest absolute Gasteiger partial charge is 0.329 e. The van der Waals surface area contributed by atoms with Crippen molar-refractivity contribution in [2.24, 2.45) is 0 Å². The van der Waals surface area contributed by atoms with E-state index < -0.39 is 6.10 Å². The lowest BCUT2D eigenvalue weighted by Crippen LogP contribution is -2.35. The predicted octanol–water partition coefficient (Wildman–Crippen LogP) is 3.21. The van der Waals surface area contributed by atoms with Crippen LogP contribution in [0.5, 0.6) is 0 Å². The first-order chi connectivity index (χ1) is 15.6. The highest BCUT2D eigenvalue weighted by atomic mass is 32.1. The van der Waals surface area contributed by atoms with Crippen LogP contribution in [0.4, 0.5) is 10.8 Å². The van der Waals surface area contributed by atoms with Gasteiger partial charge in [0.05, 0.1) is 11.0 Å². The van der Waals surface area contributed by atoms with Crippen molar-refractivity contribution in [3.63, 3.8) is 0 Å². The molecule has 6 N–H and O–H groups in total. The van der Waals surface area contributed by atoms with E-state index in [1.54, 1.807) is 11.3 Å². The molecule has 1 aliphatic carbocycles. The summed E-state index contributed by atoms with van der Waals surface area (Å²) in [5.41, 5.74) is 9.82. The molecule has 7 heteroatoms. The van der Waals surface area contributed by atoms with E-state index in [1.807, 2.05) is 42.5 Å². The number of amides is 1. The van der Waals surface area contributed by atoms with E-state index in [1.165, 1.54) is 10.4 Å². The maximum atomic E-state index is 12.8. The van der Waals surface area contributed by atoms with Crippen LogP contribution in [0.1, 0.15) is 53.0 Å². The summed E-state index contributed by atoms with van der Waals surface area (Å²) in [5, 5.41) is 18.0. The molecular formula is C25H29N4O2S+. The average Bonchev–Trinajstić information content (AvgIpc) is 3.51. The minimum Gasteiger partial charge on any atom is -0.387 e. The molecule has 0 bridgehead atoms. The average molecular weight is 450 g/mol. The number of anilines is 2. The number of nitrogens with two attached hydrogens (primary N) is 1. The maximum Gasteiger partial charge on any atom is 0.329 e. The van der Waals surface area contributed by atoms with Crippen LogP contribution < -0.4 is 21.4 Å². The Morgan fingerprint density at radius 3 is 2.72 bits per heavy atom. The van der Waals surface area contributed by atoms with Crippen molar-refractivity contribution in [2.45, 2.75) is 56.2 Å². The second kappa shape index (κ2) is 9.02. The normalized spacial score (nSPS) is 23.1. The number of aliphatic hydroxyl groups excluding tert-OH is 1. The second-order valence-electron chi connectivity index (χ2n) is 8.81. The Morgan fingerprint density at radius 2 is 1.94 bits per heavy atom. The number of nitrogens with one attached hydrogen (secondary N) is 3. The number of H-pyrrole nitrogens is 1. The van der Waals surface area contributed by atoms with Crippen molar-refractivity contribution < 1.29 is 14.9 Å². The molecule has 1 aliphatic heterocycles. The zero-order chi connectivity index (χ0) is 22.1. The van der Waals surface area contributed by atoms with Crippen LogP contribution in [0.2, 0.25) is 0 Å². The quantitative estimate of drug-likeness (QED) is 0.464. The Bertz CT molecular complexity index is 1080. The lowest BCUT2D eigenvalue weighted by atomic mass is 10.0. The fraction of sp³-hybridized carbons (Fsp3) is 0.360. The Balaban J connectivity index is 1.15. The Morgan fingerprint density at radius 1 is 1.16 bits per heavy atom. The lowest BCUT2D eigenvalue weighted by molar-refractivity contribution is -0.367. The van der Waals surface area contributed by atoms with Crippen molar-refractivity contribution in [1.82, 2.24) is 5.32 Å². The molecule has 1 aromatic heterocycles. The van der Waals surface area contributed by atoms with Crippen LogP contribution >= 0.6 is 11.3 Å². The molecule has 0 radical (unpaired) electrons. The molecule has 1 fully saturated rings. The van der Waals surface area contributed by atoms with Crippen molar-refractivity contribution in [3.05, 3.63) is 76.3 Å². The van der Waals surface area contributed by atoms with Gasteiger partial charge in [0.1, 0.15) is 11.6 Å². The Labute approximate surface area is 191 Å². The van der Waals surface area contributed by atoms with Crippen LogP contribution in [0.25, 0.3) is 0 Å². The number of hydrogen-bond donors (Lipinski definition) is 4. The van der Waals surface area contributed by atoms with E-state index in [0.717, 1.165) is 49.0 Å². The largest absolute Gasteiger partial charge is 0.387 e. The number of rotatable bonds is 6. The summed E-state index contributed by atoms with van der Waals surface area (Å²) in [4.78, 5) is 17.1. The van der Waals surface area contributed by atoms with E-state index in [9.17, 15) is 9.90 Å². The van der Waals surface area contributed by atoms with Crippen LogP contribution in [0.15, 0.2) is 54.6 Å². The number of fused-ring (bicyclic) bond motifs is 1. The molecule has 0 saturated carbocycles. The summed E-state index contributed by atoms with van der Waals surface area (Å²) >= 11 is 1.54. The van der Waals surface area contributed by atoms with Gasteiger partial charge >= 0.3 is 5.13 Å². The van der Waals surface area contributed by atoms with Gasteiger partial charge in [-0.3, -0.25) is 10.5 Å². The fourth-order valence-electron chi connectivity index (χ4n) is 4.95. The highest BCUT2D eigenvalue weighted by Crippen LogP contribution is 2.35. The molecule has 2 aromatic carbocycles. The summed E-state index contributed by atoms with van der Waals surface area (Å²) in [6.07, 6.45) is 4.15. The number of benzene rings is 2. The summed E-state index contributed by atoms with van der Waals surface area (Å²) in [6, 6.07) is 18.4. The van der Waals surface area contributed by atoms with Crippen molar-refractivity contribution in [3.8, 4) is 0 Å². The van der Waals surface area contributed by atoms with Crippen molar-refractivity contribution in [2.75, 3.05) is 11.1 Å². The molecule has 32 heavy (non-hydrogen) atoms. The lowest BCUT2D eigenvalue weighted by Gasteiger charge is -2.20. The third-order valence-electron chi connectivity index (χ3n) is 6.62. The van der Waals surface area contributed by atoms with E-state index in [0.29, 0.717) is 11.2 Å². The maximum absolute atomic E-state index is 12.8. The number of aliphatic hydroxyl groups is 1. The SMILES string of the molecule is Nc1[nH+]c2c(s1)CCC2C(=O)Nc1ccc(CC2CCC(C(O)c3ccccc3)N2)cc1. The highest BCUT2D eigenvalue weighted by Gasteiger charge is 2.35. The number of carbonyl (C=O) groups is 1. The molecule has 0 spiro atoms. The molecule has 166 valence electrons. The summed E-state index contributed by atoms with van der Waals surface area (Å²) in [5.74, 6) is -0.144. The fourth-order valence-corrected chi connectivity index (χ4v) is 5.90. The highest BCUT2D eigenvalue weighted by molar-refractivity contribution is 7.15. The number of thiazole rings is 1. The molecular weight excluding hydrogens is 420 g/mol. The predicted molar refractivity (Wildman–Crippen MR) is 126 cm³/mol. The third-order valence-corrected chi connectivity index (χ3v) is 7.61. The molecule has 2 aliphatic rings. The minimum atomic E-state index is -0.481. The second-order valence-corrected chi connectivity index (χ2v) is 9.95. The summed E-state index contributed by atoms with van der Waals surface area (Å²) < 4.78 is 0. The topological polar surface area (TPSA) is 102 Å². The van der Waals surface area contributed by atoms with E-state index >= 15 is 0 Å². The van der Waals surface area contributed by atoms with Crippen molar-refractivity contribution in [1.29, 1.82) is 0 Å². The molecule has 2 heterocycles. The summed E-state index contributed by atoms with van der Waals surface area (Å²) in [7, 11) is 0. The Kier molecular flexibility index (Phi) is 5.95. The zero-order valence-electron chi connectivity index (χ0n) is 17.9. The van der Waals surface area contributed by atoms with Gasteiger partial charge in [0, 0.05) is 17.8 Å². The molecule has 3 aromatic rings. The van der Waals surface area contributed by atoms with Gasteiger partial charge in [-0.15, -0.1) is 0 Å². The van der Waals surface area contributed by atoms with Crippen LogP contribution in [-0.4, -0.2) is 23.1 Å². The molecule has 4 unspecified atom stereocenters.